The van der Waals surface area contributed by atoms with Gasteiger partial charge in [0.25, 0.3) is 0 Å². The third-order valence-corrected chi connectivity index (χ3v) is 10.9. The van der Waals surface area contributed by atoms with Crippen LogP contribution in [0.4, 0.5) is 4.79 Å². The van der Waals surface area contributed by atoms with Gasteiger partial charge >= 0.3 is 12.1 Å². The first-order chi connectivity index (χ1) is 22.2. The monoisotopic (exact) mass is 662 g/mol. The second-order valence-corrected chi connectivity index (χ2v) is 14.7. The van der Waals surface area contributed by atoms with Gasteiger partial charge in [0, 0.05) is 23.5 Å². The molecule has 0 unspecified atom stereocenters. The highest BCUT2D eigenvalue weighted by Gasteiger charge is 2.45. The van der Waals surface area contributed by atoms with E-state index in [1.54, 1.807) is 0 Å². The number of nitrogens with zero attached hydrogens (tertiary/aromatic N) is 1. The quantitative estimate of drug-likeness (QED) is 0.141. The number of fused-ring (bicyclic) bond motifs is 4. The molecule has 2 aliphatic carbocycles. The Morgan fingerprint density at radius 3 is 2.30 bits per heavy atom. The molecule has 0 aromatic heterocycles. The Morgan fingerprint density at radius 2 is 1.68 bits per heavy atom. The molecular weight excluding hydrogens is 620 g/mol. The summed E-state index contributed by atoms with van der Waals surface area (Å²) in [6.07, 6.45) is 0.119. The summed E-state index contributed by atoms with van der Waals surface area (Å²) >= 11 is 0. The Balaban J connectivity index is 1.13. The molecule has 1 aliphatic heterocycles. The van der Waals surface area contributed by atoms with Gasteiger partial charge in [0.1, 0.15) is 30.0 Å². The van der Waals surface area contributed by atoms with Crippen molar-refractivity contribution < 1.29 is 32.6 Å². The van der Waals surface area contributed by atoms with E-state index >= 15 is 0 Å². The van der Waals surface area contributed by atoms with Gasteiger partial charge in [-0.1, -0.05) is 62.4 Å². The number of aliphatic carboxylic acids is 1. The van der Waals surface area contributed by atoms with Crippen molar-refractivity contribution in [3.63, 3.8) is 0 Å². The number of guanidine groups is 1. The summed E-state index contributed by atoms with van der Waals surface area (Å²) in [7, 11) is -3.82. The molecule has 0 saturated carbocycles. The normalized spacial score (nSPS) is 17.9. The van der Waals surface area contributed by atoms with Crippen LogP contribution in [0.5, 0.6) is 0 Å². The van der Waals surface area contributed by atoms with Gasteiger partial charge in [-0.3, -0.25) is 0 Å². The first-order valence-electron chi connectivity index (χ1n) is 15.6. The van der Waals surface area contributed by atoms with Crippen LogP contribution < -0.4 is 16.4 Å². The number of allylic oxidation sites excluding steroid dienone is 6. The number of carbonyl (C=O) groups excluding carboxylic acids is 1. The largest absolute Gasteiger partial charge is 0.480 e. The lowest BCUT2D eigenvalue weighted by Gasteiger charge is -2.22. The lowest BCUT2D eigenvalue weighted by atomic mass is 9.91. The second-order valence-electron chi connectivity index (χ2n) is 12.8. The lowest BCUT2D eigenvalue weighted by molar-refractivity contribution is -0.139. The molecule has 12 heteroatoms. The lowest BCUT2D eigenvalue weighted by Crippen LogP contribution is -2.42. The third kappa shape index (κ3) is 6.92. The molecule has 3 aliphatic rings. The first-order valence-corrected chi connectivity index (χ1v) is 17.3. The Bertz CT molecular complexity index is 1790. The van der Waals surface area contributed by atoms with E-state index in [0.717, 1.165) is 33.4 Å². The molecule has 0 saturated heterocycles. The summed E-state index contributed by atoms with van der Waals surface area (Å²) in [6, 6.07) is 14.7. The smallest absolute Gasteiger partial charge is 0.407 e. The van der Waals surface area contributed by atoms with Crippen LogP contribution in [-0.4, -0.2) is 56.6 Å². The third-order valence-electron chi connectivity index (χ3n) is 9.02. The van der Waals surface area contributed by atoms with Crippen molar-refractivity contribution in [2.24, 2.45) is 16.1 Å². The van der Waals surface area contributed by atoms with Gasteiger partial charge < -0.3 is 30.9 Å². The zero-order valence-corrected chi connectivity index (χ0v) is 28.2. The van der Waals surface area contributed by atoms with Crippen LogP contribution >= 0.6 is 0 Å². The Kier molecular flexibility index (Phi) is 9.53. The van der Waals surface area contributed by atoms with Crippen LogP contribution in [0, 0.1) is 5.41 Å². The summed E-state index contributed by atoms with van der Waals surface area (Å²) in [5, 5.41) is 15.0. The summed E-state index contributed by atoms with van der Waals surface area (Å²) in [5.74, 6) is -0.574. The van der Waals surface area contributed by atoms with Crippen molar-refractivity contribution in [1.82, 2.24) is 10.6 Å². The number of aliphatic imine (C=N–C) groups is 1. The summed E-state index contributed by atoms with van der Waals surface area (Å²) in [5.41, 5.74) is 12.1. The number of carboxylic acid groups (broad SMARTS) is 1. The number of carboxylic acids is 1. The fraction of sp³-hybridized carbons (Fsp3) is 0.400. The minimum atomic E-state index is -3.82. The molecule has 47 heavy (non-hydrogen) atoms. The van der Waals surface area contributed by atoms with Crippen LogP contribution in [0.3, 0.4) is 0 Å². The number of hydrogen-bond acceptors (Lipinski definition) is 7. The molecule has 0 bridgehead atoms. The summed E-state index contributed by atoms with van der Waals surface area (Å²) < 4.78 is 38.5. The van der Waals surface area contributed by atoms with Gasteiger partial charge in [0.15, 0.2) is 15.8 Å². The van der Waals surface area contributed by atoms with Gasteiger partial charge in [-0.15, -0.1) is 0 Å². The van der Waals surface area contributed by atoms with Crippen LogP contribution in [0.2, 0.25) is 0 Å². The number of benzene rings is 2. The predicted octanol–water partition coefficient (Wildman–Crippen LogP) is 5.32. The van der Waals surface area contributed by atoms with Crippen LogP contribution in [0.15, 0.2) is 86.7 Å². The molecule has 5 N–H and O–H groups in total. The van der Waals surface area contributed by atoms with Gasteiger partial charge in [0.05, 0.1) is 4.91 Å². The molecule has 0 spiro atoms. The van der Waals surface area contributed by atoms with E-state index in [0.29, 0.717) is 34.8 Å². The molecular formula is C35H42N4O7S. The van der Waals surface area contributed by atoms with Crippen molar-refractivity contribution in [3.05, 3.63) is 92.8 Å². The number of sulfone groups is 1. The van der Waals surface area contributed by atoms with Gasteiger partial charge in [-0.2, -0.15) is 0 Å². The van der Waals surface area contributed by atoms with Crippen LogP contribution in [0.1, 0.15) is 70.9 Å². The van der Waals surface area contributed by atoms with Crippen molar-refractivity contribution in [1.29, 1.82) is 0 Å². The number of nitrogens with two attached hydrogens (primary N) is 1. The number of alkyl carbamates (subject to hydrolysis) is 1. The number of nitrogens with one attached hydrogen (secondary N) is 2. The highest BCUT2D eigenvalue weighted by atomic mass is 32.2. The molecule has 5 rings (SSSR count). The minimum Gasteiger partial charge on any atom is -0.480 e. The Labute approximate surface area is 275 Å². The van der Waals surface area contributed by atoms with E-state index in [1.807, 2.05) is 83.1 Å². The van der Waals surface area contributed by atoms with E-state index < -0.39 is 39.2 Å². The molecule has 0 fully saturated rings. The molecule has 0 radical (unpaired) electrons. The summed E-state index contributed by atoms with van der Waals surface area (Å²) in [6.45, 7) is 9.61. The van der Waals surface area contributed by atoms with E-state index in [-0.39, 0.29) is 31.4 Å². The minimum absolute atomic E-state index is 0.0691. The van der Waals surface area contributed by atoms with E-state index in [4.69, 9.17) is 15.2 Å². The molecule has 250 valence electrons. The summed E-state index contributed by atoms with van der Waals surface area (Å²) in [4.78, 5) is 28.9. The van der Waals surface area contributed by atoms with Gasteiger partial charge in [0.2, 0.25) is 0 Å². The number of carbonyl (C=O) groups is 2. The standard InChI is InChI=1S/C35H42N4O7S/c1-20-21(2)46-22(3)27-17-35(4,5)31(30(20)27)47(43,44)19-38-33(36)37-16-10-15-29(32(40)41)39-34(42)45-18-28-25-13-8-6-11-23(25)24-12-7-9-14-26(24)28/h6-9,11-14,28-29H,10,15-19H2,1-5H3,(H,39,42)(H,40,41)(H3,36,37,38)/t29-/m0/s1. The van der Waals surface area contributed by atoms with Crippen molar-refractivity contribution in [3.8, 4) is 11.1 Å². The molecule has 2 aromatic carbocycles. The molecule has 11 nitrogen and oxygen atoms in total. The SMILES string of the molecule is CC1=C(C)C2=C(S(=O)(=O)CN=C(N)NCCC[C@H](NC(=O)OCC3c4ccccc4-c4ccccc43)C(=O)O)C(C)(C)CC2=C(C)O1. The highest BCUT2D eigenvalue weighted by Crippen LogP contribution is 2.53. The van der Waals surface area contributed by atoms with Gasteiger partial charge in [-0.05, 0) is 73.4 Å². The second kappa shape index (κ2) is 13.3. The Morgan fingerprint density at radius 1 is 1.06 bits per heavy atom. The number of amides is 1. The topological polar surface area (TPSA) is 169 Å². The average molecular weight is 663 g/mol. The van der Waals surface area contributed by atoms with Crippen molar-refractivity contribution in [2.45, 2.75) is 65.8 Å². The molecule has 1 atom stereocenters. The van der Waals surface area contributed by atoms with Crippen LogP contribution in [0.25, 0.3) is 11.1 Å². The van der Waals surface area contributed by atoms with E-state index in [9.17, 15) is 23.1 Å². The van der Waals surface area contributed by atoms with E-state index in [2.05, 4.69) is 15.6 Å². The van der Waals surface area contributed by atoms with Crippen molar-refractivity contribution >= 4 is 27.9 Å². The van der Waals surface area contributed by atoms with E-state index in [1.165, 1.54) is 0 Å². The zero-order chi connectivity index (χ0) is 34.1. The molecule has 1 amide bonds. The Hall–Kier alpha value is -4.58. The number of hydrogen-bond donors (Lipinski definition) is 4. The van der Waals surface area contributed by atoms with Gasteiger partial charge in [-0.25, -0.2) is 23.0 Å². The molecule has 1 heterocycles. The zero-order valence-electron chi connectivity index (χ0n) is 27.3. The fourth-order valence-electron chi connectivity index (χ4n) is 6.74. The predicted molar refractivity (Wildman–Crippen MR) is 180 cm³/mol. The molecule has 2 aromatic rings. The van der Waals surface area contributed by atoms with Crippen molar-refractivity contribution in [2.75, 3.05) is 19.0 Å². The number of ether oxygens (including phenoxy) is 2. The maximum Gasteiger partial charge on any atom is 0.407 e. The van der Waals surface area contributed by atoms with Crippen LogP contribution in [-0.2, 0) is 24.1 Å². The highest BCUT2D eigenvalue weighted by molar-refractivity contribution is 7.95. The fourth-order valence-corrected chi connectivity index (χ4v) is 8.68. The maximum absolute atomic E-state index is 13.6. The average Bonchev–Trinajstić information content (AvgIpc) is 3.51. The first kappa shape index (κ1) is 33.8. The maximum atomic E-state index is 13.6. The number of rotatable bonds is 11.